The molecule has 1 heterocycles. The van der Waals surface area contributed by atoms with Gasteiger partial charge in [-0.25, -0.2) is 0 Å². The second-order valence-electron chi connectivity index (χ2n) is 6.63. The van der Waals surface area contributed by atoms with E-state index in [2.05, 4.69) is 5.32 Å². The molecule has 0 atom stereocenters. The molecule has 2 aromatic carbocycles. The lowest BCUT2D eigenvalue weighted by molar-refractivity contribution is -0.384. The van der Waals surface area contributed by atoms with E-state index in [-0.39, 0.29) is 37.8 Å². The topological polar surface area (TPSA) is 134 Å². The zero-order valence-electron chi connectivity index (χ0n) is 16.4. The van der Waals surface area contributed by atoms with Crippen molar-refractivity contribution in [2.45, 2.75) is 19.5 Å². The number of non-ortho nitro benzene ring substituents is 1. The number of hydrogen-bond donors (Lipinski definition) is 3. The Balaban J connectivity index is 1.86. The molecule has 0 unspecified atom stereocenters. The second-order valence-corrected chi connectivity index (χ2v) is 6.63. The van der Waals surface area contributed by atoms with Gasteiger partial charge in [-0.1, -0.05) is 6.07 Å². The summed E-state index contributed by atoms with van der Waals surface area (Å²) in [5, 5.41) is 33.1. The van der Waals surface area contributed by atoms with Crippen LogP contribution in [0.2, 0.25) is 0 Å². The molecule has 3 N–H and O–H groups in total. The van der Waals surface area contributed by atoms with Gasteiger partial charge < -0.3 is 29.9 Å². The fraction of sp³-hybridized carbons (Fsp3) is 0.350. The Morgan fingerprint density at radius 1 is 1.20 bits per heavy atom. The van der Waals surface area contributed by atoms with E-state index in [1.165, 1.54) is 18.2 Å². The molecule has 3 rings (SSSR count). The van der Waals surface area contributed by atoms with Gasteiger partial charge in [0.05, 0.1) is 35.4 Å². The zero-order chi connectivity index (χ0) is 21.7. The SMILES string of the molecule is CCN(c1ccc([N+](=O)[O-])cc1C(=O)NCc1ccc2c(c1)OCO2)C(CO)CO. The molecule has 0 bridgehead atoms. The van der Waals surface area contributed by atoms with Crippen molar-refractivity contribution < 1.29 is 29.4 Å². The predicted molar refractivity (Wildman–Crippen MR) is 108 cm³/mol. The van der Waals surface area contributed by atoms with Crippen LogP contribution in [0.1, 0.15) is 22.8 Å². The van der Waals surface area contributed by atoms with Crippen molar-refractivity contribution in [3.05, 3.63) is 57.6 Å². The standard InChI is InChI=1S/C20H23N3O7/c1-2-22(15(10-24)11-25)17-5-4-14(23(27)28)8-16(17)20(26)21-9-13-3-6-18-19(7-13)30-12-29-18/h3-8,15,24-25H,2,9-12H2,1H3,(H,21,26). The highest BCUT2D eigenvalue weighted by Crippen LogP contribution is 2.32. The van der Waals surface area contributed by atoms with Gasteiger partial charge in [0.25, 0.3) is 11.6 Å². The molecule has 0 aromatic heterocycles. The van der Waals surface area contributed by atoms with E-state index in [0.29, 0.717) is 23.7 Å². The molecular weight excluding hydrogens is 394 g/mol. The van der Waals surface area contributed by atoms with Gasteiger partial charge in [0.1, 0.15) is 0 Å². The number of carbonyl (C=O) groups is 1. The van der Waals surface area contributed by atoms with Crippen LogP contribution < -0.4 is 19.7 Å². The summed E-state index contributed by atoms with van der Waals surface area (Å²) < 4.78 is 10.6. The number of likely N-dealkylation sites (N-methyl/N-ethyl adjacent to an activating group) is 1. The van der Waals surface area contributed by atoms with Gasteiger partial charge in [0.15, 0.2) is 11.5 Å². The van der Waals surface area contributed by atoms with Gasteiger partial charge in [0.2, 0.25) is 6.79 Å². The summed E-state index contributed by atoms with van der Waals surface area (Å²) in [5.74, 6) is 0.701. The van der Waals surface area contributed by atoms with Crippen LogP contribution in [0, 0.1) is 10.1 Å². The summed E-state index contributed by atoms with van der Waals surface area (Å²) in [4.78, 5) is 25.2. The number of nitro benzene ring substituents is 1. The van der Waals surface area contributed by atoms with E-state index in [0.717, 1.165) is 5.56 Å². The van der Waals surface area contributed by atoms with E-state index in [1.54, 1.807) is 30.0 Å². The van der Waals surface area contributed by atoms with E-state index in [1.807, 2.05) is 0 Å². The molecule has 0 saturated carbocycles. The van der Waals surface area contributed by atoms with Crippen LogP contribution in [0.3, 0.4) is 0 Å². The molecule has 0 radical (unpaired) electrons. The van der Waals surface area contributed by atoms with Crippen molar-refractivity contribution in [2.75, 3.05) is 31.5 Å². The lowest BCUT2D eigenvalue weighted by atomic mass is 10.1. The first-order valence-electron chi connectivity index (χ1n) is 9.42. The maximum Gasteiger partial charge on any atom is 0.270 e. The molecule has 10 nitrogen and oxygen atoms in total. The second kappa shape index (κ2) is 9.42. The van der Waals surface area contributed by atoms with Crippen molar-refractivity contribution >= 4 is 17.3 Å². The Kier molecular flexibility index (Phi) is 6.70. The van der Waals surface area contributed by atoms with Gasteiger partial charge in [-0.3, -0.25) is 14.9 Å². The molecule has 0 saturated heterocycles. The maximum atomic E-state index is 12.9. The first-order chi connectivity index (χ1) is 14.5. The third kappa shape index (κ3) is 4.44. The Bertz CT molecular complexity index is 931. The number of benzene rings is 2. The van der Waals surface area contributed by atoms with Crippen LogP contribution in [0.4, 0.5) is 11.4 Å². The number of aliphatic hydroxyl groups excluding tert-OH is 2. The highest BCUT2D eigenvalue weighted by molar-refractivity contribution is 6.00. The summed E-state index contributed by atoms with van der Waals surface area (Å²) in [6, 6.07) is 8.58. The number of rotatable bonds is 9. The largest absolute Gasteiger partial charge is 0.454 e. The molecule has 0 aliphatic carbocycles. The quantitative estimate of drug-likeness (QED) is 0.412. The van der Waals surface area contributed by atoms with Gasteiger partial charge in [-0.2, -0.15) is 0 Å². The summed E-state index contributed by atoms with van der Waals surface area (Å²) >= 11 is 0. The van der Waals surface area contributed by atoms with Crippen molar-refractivity contribution in [3.8, 4) is 11.5 Å². The first-order valence-corrected chi connectivity index (χ1v) is 9.42. The fourth-order valence-electron chi connectivity index (χ4n) is 3.28. The lowest BCUT2D eigenvalue weighted by Crippen LogP contribution is -2.42. The molecule has 0 spiro atoms. The van der Waals surface area contributed by atoms with Gasteiger partial charge in [0, 0.05) is 25.2 Å². The van der Waals surface area contributed by atoms with Crippen molar-refractivity contribution in [1.82, 2.24) is 5.32 Å². The number of amides is 1. The molecule has 1 aliphatic rings. The minimum atomic E-state index is -0.642. The monoisotopic (exact) mass is 417 g/mol. The van der Waals surface area contributed by atoms with Crippen LogP contribution >= 0.6 is 0 Å². The molecule has 1 aliphatic heterocycles. The Morgan fingerprint density at radius 2 is 1.93 bits per heavy atom. The normalized spacial score (nSPS) is 12.1. The molecule has 0 fully saturated rings. The zero-order valence-corrected chi connectivity index (χ0v) is 16.4. The van der Waals surface area contributed by atoms with E-state index >= 15 is 0 Å². The third-order valence-corrected chi connectivity index (χ3v) is 4.84. The molecule has 160 valence electrons. The average Bonchev–Trinajstić information content (AvgIpc) is 3.23. The Hall–Kier alpha value is -3.37. The van der Waals surface area contributed by atoms with E-state index in [9.17, 15) is 25.1 Å². The number of nitrogens with zero attached hydrogens (tertiary/aromatic N) is 2. The smallest absolute Gasteiger partial charge is 0.270 e. The van der Waals surface area contributed by atoms with E-state index in [4.69, 9.17) is 9.47 Å². The minimum absolute atomic E-state index is 0.0821. The molecule has 30 heavy (non-hydrogen) atoms. The predicted octanol–water partition coefficient (Wildman–Crippen LogP) is 1.43. The van der Waals surface area contributed by atoms with Crippen molar-refractivity contribution in [1.29, 1.82) is 0 Å². The first kappa shape index (κ1) is 21.3. The van der Waals surface area contributed by atoms with Gasteiger partial charge in [-0.15, -0.1) is 0 Å². The number of nitrogens with one attached hydrogen (secondary N) is 1. The molecule has 1 amide bonds. The summed E-state index contributed by atoms with van der Waals surface area (Å²) in [5.41, 5.74) is 1.01. The highest BCUT2D eigenvalue weighted by Gasteiger charge is 2.24. The number of nitro groups is 1. The van der Waals surface area contributed by atoms with Crippen LogP contribution in [-0.4, -0.2) is 53.6 Å². The number of carbonyl (C=O) groups excluding carboxylic acids is 1. The van der Waals surface area contributed by atoms with Gasteiger partial charge in [-0.05, 0) is 30.7 Å². The van der Waals surface area contributed by atoms with Crippen LogP contribution in [-0.2, 0) is 6.54 Å². The minimum Gasteiger partial charge on any atom is -0.454 e. The van der Waals surface area contributed by atoms with E-state index < -0.39 is 16.9 Å². The number of anilines is 1. The van der Waals surface area contributed by atoms with Crippen molar-refractivity contribution in [2.24, 2.45) is 0 Å². The number of aliphatic hydroxyl groups is 2. The van der Waals surface area contributed by atoms with Crippen LogP contribution in [0.15, 0.2) is 36.4 Å². The summed E-state index contributed by atoms with van der Waals surface area (Å²) in [6.07, 6.45) is 0. The van der Waals surface area contributed by atoms with Crippen molar-refractivity contribution in [3.63, 3.8) is 0 Å². The number of hydrogen-bond acceptors (Lipinski definition) is 8. The Morgan fingerprint density at radius 3 is 2.60 bits per heavy atom. The lowest BCUT2D eigenvalue weighted by Gasteiger charge is -2.31. The van der Waals surface area contributed by atoms with Crippen LogP contribution in [0.5, 0.6) is 11.5 Å². The number of fused-ring (bicyclic) bond motifs is 1. The van der Waals surface area contributed by atoms with Gasteiger partial charge >= 0.3 is 0 Å². The molecule has 2 aromatic rings. The van der Waals surface area contributed by atoms with Crippen LogP contribution in [0.25, 0.3) is 0 Å². The summed E-state index contributed by atoms with van der Waals surface area (Å²) in [7, 11) is 0. The number of ether oxygens (including phenoxy) is 2. The molecular formula is C20H23N3O7. The fourth-order valence-corrected chi connectivity index (χ4v) is 3.28. The average molecular weight is 417 g/mol. The Labute approximate surface area is 172 Å². The highest BCUT2D eigenvalue weighted by atomic mass is 16.7. The molecule has 10 heteroatoms. The third-order valence-electron chi connectivity index (χ3n) is 4.84. The summed E-state index contributed by atoms with van der Waals surface area (Å²) in [6.45, 7) is 1.83. The maximum absolute atomic E-state index is 12.9.